The van der Waals surface area contributed by atoms with Crippen LogP contribution in [-0.4, -0.2) is 36.1 Å². The van der Waals surface area contributed by atoms with E-state index in [1.165, 1.54) is 6.92 Å². The molecule has 0 saturated carbocycles. The molecule has 144 valence electrons. The number of rotatable bonds is 7. The van der Waals surface area contributed by atoms with Gasteiger partial charge in [-0.3, -0.25) is 10.1 Å². The van der Waals surface area contributed by atoms with E-state index in [2.05, 4.69) is 22.9 Å². The molecule has 1 aromatic carbocycles. The number of urea groups is 1. The van der Waals surface area contributed by atoms with Crippen LogP contribution in [0.1, 0.15) is 57.8 Å². The second-order valence-electron chi connectivity index (χ2n) is 7.07. The number of ether oxygens (including phenoxy) is 1. The number of anilines is 1. The van der Waals surface area contributed by atoms with Gasteiger partial charge in [-0.1, -0.05) is 25.5 Å². The number of para-hydroxylation sites is 1. The van der Waals surface area contributed by atoms with Crippen LogP contribution < -0.4 is 16.0 Å². The van der Waals surface area contributed by atoms with E-state index < -0.39 is 29.6 Å². The molecule has 7 nitrogen and oxygen atoms in total. The molecule has 26 heavy (non-hydrogen) atoms. The first kappa shape index (κ1) is 21.5. The normalized spacial score (nSPS) is 12.0. The van der Waals surface area contributed by atoms with E-state index in [1.807, 2.05) is 6.07 Å². The van der Waals surface area contributed by atoms with Gasteiger partial charge in [0.25, 0.3) is 5.91 Å². The summed E-state index contributed by atoms with van der Waals surface area (Å²) in [5, 5.41) is 7.96. The minimum Gasteiger partial charge on any atom is -0.449 e. The van der Waals surface area contributed by atoms with Gasteiger partial charge in [0.05, 0.1) is 5.56 Å². The Morgan fingerprint density at radius 1 is 1.15 bits per heavy atom. The summed E-state index contributed by atoms with van der Waals surface area (Å²) in [5.41, 5.74) is 0.527. The van der Waals surface area contributed by atoms with Gasteiger partial charge in [0.2, 0.25) is 0 Å². The molecule has 0 fully saturated rings. The fourth-order valence-electron chi connectivity index (χ4n) is 2.08. The highest BCUT2D eigenvalue weighted by Gasteiger charge is 2.23. The van der Waals surface area contributed by atoms with Crippen molar-refractivity contribution in [3.05, 3.63) is 29.8 Å². The summed E-state index contributed by atoms with van der Waals surface area (Å²) >= 11 is 0. The second kappa shape index (κ2) is 9.79. The highest BCUT2D eigenvalue weighted by Crippen LogP contribution is 2.17. The van der Waals surface area contributed by atoms with E-state index in [1.54, 1.807) is 39.0 Å². The Labute approximate surface area is 154 Å². The Hall–Kier alpha value is -2.57. The Morgan fingerprint density at radius 3 is 2.42 bits per heavy atom. The summed E-state index contributed by atoms with van der Waals surface area (Å²) in [6.07, 6.45) is 0.912. The van der Waals surface area contributed by atoms with Crippen LogP contribution in [0, 0.1) is 0 Å². The summed E-state index contributed by atoms with van der Waals surface area (Å²) in [5.74, 6) is -1.31. The van der Waals surface area contributed by atoms with Gasteiger partial charge in [0.15, 0.2) is 6.10 Å². The van der Waals surface area contributed by atoms with Crippen LogP contribution in [0.3, 0.4) is 0 Å². The van der Waals surface area contributed by atoms with Gasteiger partial charge >= 0.3 is 12.0 Å². The van der Waals surface area contributed by atoms with Crippen molar-refractivity contribution in [3.8, 4) is 0 Å². The van der Waals surface area contributed by atoms with Gasteiger partial charge in [0.1, 0.15) is 0 Å². The maximum atomic E-state index is 12.4. The molecule has 0 saturated heterocycles. The number of hydrogen-bond acceptors (Lipinski definition) is 5. The van der Waals surface area contributed by atoms with E-state index in [0.717, 1.165) is 19.4 Å². The lowest BCUT2D eigenvalue weighted by Gasteiger charge is -2.21. The van der Waals surface area contributed by atoms with Crippen molar-refractivity contribution in [2.24, 2.45) is 0 Å². The molecule has 1 atom stereocenters. The summed E-state index contributed by atoms with van der Waals surface area (Å²) in [6.45, 7) is 9.63. The molecular weight excluding hydrogens is 334 g/mol. The van der Waals surface area contributed by atoms with E-state index >= 15 is 0 Å². The molecule has 3 amide bonds. The van der Waals surface area contributed by atoms with Crippen molar-refractivity contribution in [2.75, 3.05) is 11.9 Å². The SMILES string of the molecule is CCCCNc1ccccc1C(=O)O[C@@H](C)C(=O)NC(=O)NC(C)(C)C. The third kappa shape index (κ3) is 7.55. The first-order valence-electron chi connectivity index (χ1n) is 8.81. The smallest absolute Gasteiger partial charge is 0.341 e. The van der Waals surface area contributed by atoms with Crippen LogP contribution in [0.25, 0.3) is 0 Å². The topological polar surface area (TPSA) is 96.5 Å². The molecule has 0 aliphatic rings. The minimum atomic E-state index is -1.10. The molecule has 7 heteroatoms. The van der Waals surface area contributed by atoms with E-state index in [9.17, 15) is 14.4 Å². The molecule has 0 heterocycles. The van der Waals surface area contributed by atoms with Gasteiger partial charge in [-0.25, -0.2) is 9.59 Å². The zero-order chi connectivity index (χ0) is 19.7. The molecule has 0 bridgehead atoms. The second-order valence-corrected chi connectivity index (χ2v) is 7.07. The van der Waals surface area contributed by atoms with Crippen molar-refractivity contribution in [2.45, 2.75) is 59.1 Å². The van der Waals surface area contributed by atoms with Gasteiger partial charge in [-0.05, 0) is 46.2 Å². The van der Waals surface area contributed by atoms with Crippen LogP contribution in [0.5, 0.6) is 0 Å². The summed E-state index contributed by atoms with van der Waals surface area (Å²) in [6, 6.07) is 6.33. The zero-order valence-electron chi connectivity index (χ0n) is 16.1. The third-order valence-corrected chi connectivity index (χ3v) is 3.37. The lowest BCUT2D eigenvalue weighted by atomic mass is 10.1. The predicted octanol–water partition coefficient (Wildman–Crippen LogP) is 3.07. The van der Waals surface area contributed by atoms with Crippen LogP contribution in [0.15, 0.2) is 24.3 Å². The van der Waals surface area contributed by atoms with Crippen LogP contribution in [-0.2, 0) is 9.53 Å². The molecule has 0 spiro atoms. The molecular formula is C19H29N3O4. The molecule has 0 radical (unpaired) electrons. The standard InChI is InChI=1S/C19H29N3O4/c1-6-7-12-20-15-11-9-8-10-14(15)17(24)26-13(2)16(23)21-18(25)22-19(3,4)5/h8-11,13,20H,6-7,12H2,1-5H3,(H2,21,22,23,25)/t13-/m0/s1. The summed E-state index contributed by atoms with van der Waals surface area (Å²) in [4.78, 5) is 36.2. The van der Waals surface area contributed by atoms with Crippen molar-refractivity contribution >= 4 is 23.6 Å². The first-order valence-corrected chi connectivity index (χ1v) is 8.81. The fourth-order valence-corrected chi connectivity index (χ4v) is 2.08. The monoisotopic (exact) mass is 363 g/mol. The number of carbonyl (C=O) groups excluding carboxylic acids is 3. The molecule has 1 aromatic rings. The maximum absolute atomic E-state index is 12.4. The number of amides is 3. The molecule has 0 aliphatic heterocycles. The number of hydrogen-bond donors (Lipinski definition) is 3. The van der Waals surface area contributed by atoms with Crippen LogP contribution in [0.4, 0.5) is 10.5 Å². The van der Waals surface area contributed by atoms with Crippen molar-refractivity contribution in [1.82, 2.24) is 10.6 Å². The largest absolute Gasteiger partial charge is 0.449 e. The van der Waals surface area contributed by atoms with Gasteiger partial charge in [-0.2, -0.15) is 0 Å². The highest BCUT2D eigenvalue weighted by atomic mass is 16.5. The molecule has 3 N–H and O–H groups in total. The number of benzene rings is 1. The minimum absolute atomic E-state index is 0.349. The van der Waals surface area contributed by atoms with Gasteiger partial charge < -0.3 is 15.4 Å². The Bertz CT molecular complexity index is 638. The zero-order valence-corrected chi connectivity index (χ0v) is 16.1. The maximum Gasteiger partial charge on any atom is 0.341 e. The number of nitrogens with one attached hydrogen (secondary N) is 3. The number of esters is 1. The van der Waals surface area contributed by atoms with Crippen molar-refractivity contribution in [1.29, 1.82) is 0 Å². The Morgan fingerprint density at radius 2 is 1.81 bits per heavy atom. The van der Waals surface area contributed by atoms with Crippen molar-refractivity contribution < 1.29 is 19.1 Å². The average Bonchev–Trinajstić information content (AvgIpc) is 2.53. The highest BCUT2D eigenvalue weighted by molar-refractivity contribution is 6.00. The lowest BCUT2D eigenvalue weighted by molar-refractivity contribution is -0.127. The molecule has 1 rings (SSSR count). The Kier molecular flexibility index (Phi) is 8.09. The van der Waals surface area contributed by atoms with E-state index in [0.29, 0.717) is 11.3 Å². The molecule has 0 aromatic heterocycles. The quantitative estimate of drug-likeness (QED) is 0.511. The number of unbranched alkanes of at least 4 members (excludes halogenated alkanes) is 1. The van der Waals surface area contributed by atoms with Crippen LogP contribution in [0.2, 0.25) is 0 Å². The predicted molar refractivity (Wildman–Crippen MR) is 101 cm³/mol. The summed E-state index contributed by atoms with van der Waals surface area (Å²) in [7, 11) is 0. The first-order chi connectivity index (χ1) is 12.1. The number of imide groups is 1. The van der Waals surface area contributed by atoms with Gasteiger partial charge in [-0.15, -0.1) is 0 Å². The van der Waals surface area contributed by atoms with E-state index in [4.69, 9.17) is 4.74 Å². The fraction of sp³-hybridized carbons (Fsp3) is 0.526. The van der Waals surface area contributed by atoms with Crippen LogP contribution >= 0.6 is 0 Å². The number of carbonyl (C=O) groups is 3. The average molecular weight is 363 g/mol. The van der Waals surface area contributed by atoms with Gasteiger partial charge in [0, 0.05) is 17.8 Å². The molecule has 0 aliphatic carbocycles. The van der Waals surface area contributed by atoms with Crippen molar-refractivity contribution in [3.63, 3.8) is 0 Å². The lowest BCUT2D eigenvalue weighted by Crippen LogP contribution is -2.50. The molecule has 0 unspecified atom stereocenters. The van der Waals surface area contributed by atoms with E-state index in [-0.39, 0.29) is 0 Å². The third-order valence-electron chi connectivity index (χ3n) is 3.37. The summed E-state index contributed by atoms with van der Waals surface area (Å²) < 4.78 is 5.21. The Balaban J connectivity index is 2.66.